The second kappa shape index (κ2) is 8.10. The minimum Gasteiger partial charge on any atom is -0.504 e. The minimum atomic E-state index is -3.72. The second-order valence-corrected chi connectivity index (χ2v) is 7.95. The molecule has 0 aliphatic rings. The molecular weight excluding hydrogens is 374 g/mol. The maximum atomic E-state index is 12.4. The van der Waals surface area contributed by atoms with E-state index in [9.17, 15) is 18.3 Å². The van der Waals surface area contributed by atoms with Crippen LogP contribution < -0.4 is 4.72 Å². The molecule has 0 unspecified atom stereocenters. The fraction of sp³-hybridized carbons (Fsp3) is 0.0455. The van der Waals surface area contributed by atoms with E-state index in [-0.39, 0.29) is 16.2 Å². The predicted molar refractivity (Wildman–Crippen MR) is 110 cm³/mol. The highest BCUT2D eigenvalue weighted by Gasteiger charge is 2.15. The summed E-state index contributed by atoms with van der Waals surface area (Å²) in [7, 11) is -3.72. The molecule has 3 aromatic rings. The number of Topliss-reactive ketones (excluding diaryl/α,β-unsaturated/α-hetero) is 1. The Morgan fingerprint density at radius 2 is 1.50 bits per heavy atom. The highest BCUT2D eigenvalue weighted by atomic mass is 32.2. The first-order chi connectivity index (χ1) is 13.3. The van der Waals surface area contributed by atoms with Gasteiger partial charge in [-0.05, 0) is 55.0 Å². The molecule has 0 heterocycles. The highest BCUT2D eigenvalue weighted by molar-refractivity contribution is 7.92. The Kier molecular flexibility index (Phi) is 5.61. The summed E-state index contributed by atoms with van der Waals surface area (Å²) in [6.45, 7) is 1.88. The molecule has 3 aromatic carbocycles. The van der Waals surface area contributed by atoms with Crippen molar-refractivity contribution in [3.63, 3.8) is 0 Å². The van der Waals surface area contributed by atoms with Gasteiger partial charge in [-0.15, -0.1) is 0 Å². The van der Waals surface area contributed by atoms with E-state index in [1.165, 1.54) is 42.5 Å². The number of ketones is 1. The number of carbonyl (C=O) groups is 1. The zero-order valence-electron chi connectivity index (χ0n) is 15.2. The van der Waals surface area contributed by atoms with Gasteiger partial charge in [0.25, 0.3) is 10.0 Å². The van der Waals surface area contributed by atoms with E-state index in [0.717, 1.165) is 5.56 Å². The number of anilines is 1. The molecule has 0 amide bonds. The van der Waals surface area contributed by atoms with E-state index >= 15 is 0 Å². The zero-order valence-corrected chi connectivity index (χ0v) is 16.0. The molecule has 142 valence electrons. The number of nitrogens with one attached hydrogen (secondary N) is 1. The molecule has 0 aliphatic heterocycles. The van der Waals surface area contributed by atoms with Crippen LogP contribution >= 0.6 is 0 Å². The maximum Gasteiger partial charge on any atom is 0.261 e. The first-order valence-electron chi connectivity index (χ1n) is 8.55. The number of benzene rings is 3. The van der Waals surface area contributed by atoms with E-state index in [1.807, 2.05) is 13.0 Å². The quantitative estimate of drug-likeness (QED) is 0.365. The zero-order chi connectivity index (χ0) is 20.1. The molecule has 0 saturated carbocycles. The Morgan fingerprint density at radius 1 is 0.893 bits per heavy atom. The molecule has 0 aromatic heterocycles. The lowest BCUT2D eigenvalue weighted by Crippen LogP contribution is -2.13. The monoisotopic (exact) mass is 393 g/mol. The van der Waals surface area contributed by atoms with Gasteiger partial charge in [0.2, 0.25) is 5.78 Å². The Hall–Kier alpha value is -3.38. The summed E-state index contributed by atoms with van der Waals surface area (Å²) in [5.41, 5.74) is 2.24. The maximum absolute atomic E-state index is 12.4. The van der Waals surface area contributed by atoms with Gasteiger partial charge in [0.05, 0.1) is 4.90 Å². The summed E-state index contributed by atoms with van der Waals surface area (Å²) in [4.78, 5) is 12.5. The lowest BCUT2D eigenvalue weighted by molar-refractivity contribution is 0.0980. The Bertz CT molecular complexity index is 1100. The van der Waals surface area contributed by atoms with Crippen molar-refractivity contribution in [2.75, 3.05) is 4.72 Å². The molecule has 5 nitrogen and oxygen atoms in total. The van der Waals surface area contributed by atoms with Gasteiger partial charge < -0.3 is 5.11 Å². The molecule has 3 rings (SSSR count). The number of aliphatic hydroxyl groups is 1. The van der Waals surface area contributed by atoms with Crippen LogP contribution in [-0.2, 0) is 10.0 Å². The summed E-state index contributed by atoms with van der Waals surface area (Å²) in [5.74, 6) is -0.934. The van der Waals surface area contributed by atoms with Crippen molar-refractivity contribution in [3.8, 4) is 0 Å². The first kappa shape index (κ1) is 19.4. The molecule has 0 spiro atoms. The average molecular weight is 393 g/mol. The van der Waals surface area contributed by atoms with Crippen LogP contribution in [0.25, 0.3) is 6.08 Å². The van der Waals surface area contributed by atoms with E-state index in [2.05, 4.69) is 4.72 Å². The van der Waals surface area contributed by atoms with Crippen molar-refractivity contribution in [1.82, 2.24) is 0 Å². The van der Waals surface area contributed by atoms with E-state index in [0.29, 0.717) is 11.3 Å². The molecule has 0 bridgehead atoms. The van der Waals surface area contributed by atoms with Crippen molar-refractivity contribution in [3.05, 3.63) is 101 Å². The SMILES string of the molecule is Cc1ccc(S(=O)(=O)Nc2ccc(C(=O)C(O)=Cc3ccccc3)cc2)cc1. The number of sulfonamides is 1. The molecule has 0 saturated heterocycles. The number of carbonyl (C=O) groups excluding carboxylic acids is 1. The van der Waals surface area contributed by atoms with Crippen LogP contribution in [0.1, 0.15) is 21.5 Å². The van der Waals surface area contributed by atoms with Crippen LogP contribution in [-0.4, -0.2) is 19.3 Å². The van der Waals surface area contributed by atoms with Gasteiger partial charge in [-0.1, -0.05) is 48.0 Å². The smallest absolute Gasteiger partial charge is 0.261 e. The van der Waals surface area contributed by atoms with Crippen molar-refractivity contribution in [1.29, 1.82) is 0 Å². The van der Waals surface area contributed by atoms with Crippen molar-refractivity contribution < 1.29 is 18.3 Å². The molecule has 28 heavy (non-hydrogen) atoms. The van der Waals surface area contributed by atoms with E-state index in [4.69, 9.17) is 0 Å². The number of aliphatic hydroxyl groups excluding tert-OH is 1. The van der Waals surface area contributed by atoms with Gasteiger partial charge in [0, 0.05) is 11.3 Å². The van der Waals surface area contributed by atoms with E-state index < -0.39 is 15.8 Å². The average Bonchev–Trinajstić information content (AvgIpc) is 2.69. The van der Waals surface area contributed by atoms with Crippen molar-refractivity contribution in [2.24, 2.45) is 0 Å². The van der Waals surface area contributed by atoms with Crippen LogP contribution in [0.5, 0.6) is 0 Å². The largest absolute Gasteiger partial charge is 0.504 e. The van der Waals surface area contributed by atoms with E-state index in [1.54, 1.807) is 36.4 Å². The van der Waals surface area contributed by atoms with Crippen LogP contribution in [0.3, 0.4) is 0 Å². The number of allylic oxidation sites excluding steroid dienone is 1. The topological polar surface area (TPSA) is 83.5 Å². The normalized spacial score (nSPS) is 11.8. The lowest BCUT2D eigenvalue weighted by Gasteiger charge is -2.09. The Morgan fingerprint density at radius 3 is 2.11 bits per heavy atom. The van der Waals surface area contributed by atoms with Gasteiger partial charge in [0.1, 0.15) is 0 Å². The van der Waals surface area contributed by atoms with Crippen molar-refractivity contribution in [2.45, 2.75) is 11.8 Å². The Balaban J connectivity index is 1.75. The summed E-state index contributed by atoms with van der Waals surface area (Å²) in [6, 6.07) is 21.4. The van der Waals surface area contributed by atoms with Gasteiger partial charge >= 0.3 is 0 Å². The van der Waals surface area contributed by atoms with Gasteiger partial charge in [-0.2, -0.15) is 0 Å². The van der Waals surface area contributed by atoms with Crippen LogP contribution in [0.2, 0.25) is 0 Å². The summed E-state index contributed by atoms with van der Waals surface area (Å²) in [5, 5.41) is 10.1. The highest BCUT2D eigenvalue weighted by Crippen LogP contribution is 2.18. The fourth-order valence-corrected chi connectivity index (χ4v) is 3.60. The molecule has 0 atom stereocenters. The van der Waals surface area contributed by atoms with Crippen LogP contribution in [0, 0.1) is 6.92 Å². The standard InChI is InChI=1S/C22H19NO4S/c1-16-7-13-20(14-8-16)28(26,27)23-19-11-9-18(10-12-19)22(25)21(24)15-17-5-3-2-4-6-17/h2-15,23-24H,1H3. The fourth-order valence-electron chi connectivity index (χ4n) is 2.54. The number of hydrogen-bond donors (Lipinski definition) is 2. The third kappa shape index (κ3) is 4.66. The summed E-state index contributed by atoms with van der Waals surface area (Å²) < 4.78 is 27.3. The molecule has 0 aliphatic carbocycles. The van der Waals surface area contributed by atoms with Gasteiger partial charge in [-0.25, -0.2) is 8.42 Å². The molecule has 0 radical (unpaired) electrons. The molecule has 0 fully saturated rings. The Labute approximate surface area is 164 Å². The predicted octanol–water partition coefficient (Wildman–Crippen LogP) is 4.58. The summed E-state index contributed by atoms with van der Waals surface area (Å²) in [6.07, 6.45) is 1.39. The van der Waals surface area contributed by atoms with Crippen LogP contribution in [0.15, 0.2) is 89.5 Å². The van der Waals surface area contributed by atoms with Gasteiger partial charge in [-0.3, -0.25) is 9.52 Å². The third-order valence-corrected chi connectivity index (χ3v) is 5.46. The number of hydrogen-bond acceptors (Lipinski definition) is 4. The lowest BCUT2D eigenvalue weighted by atomic mass is 10.1. The molecule has 6 heteroatoms. The number of rotatable bonds is 6. The minimum absolute atomic E-state index is 0.154. The van der Waals surface area contributed by atoms with Crippen molar-refractivity contribution >= 4 is 27.6 Å². The second-order valence-electron chi connectivity index (χ2n) is 6.27. The molecular formula is C22H19NO4S. The van der Waals surface area contributed by atoms with Gasteiger partial charge in [0.15, 0.2) is 5.76 Å². The van der Waals surface area contributed by atoms with Crippen LogP contribution in [0.4, 0.5) is 5.69 Å². The molecule has 2 N–H and O–H groups in total. The first-order valence-corrected chi connectivity index (χ1v) is 10.0. The number of aryl methyl sites for hydroxylation is 1. The summed E-state index contributed by atoms with van der Waals surface area (Å²) >= 11 is 0. The third-order valence-electron chi connectivity index (χ3n) is 4.07.